The molecule has 3 aromatic carbocycles. The Hall–Kier alpha value is -2.22. The first kappa shape index (κ1) is 28.3. The number of anilines is 2. The third-order valence-electron chi connectivity index (χ3n) is 7.04. The largest absolute Gasteiger partial charge is 0.356 e. The Balaban J connectivity index is 1.15. The smallest absolute Gasteiger partial charge is 0.324 e. The lowest BCUT2D eigenvalue weighted by molar-refractivity contribution is -0.116. The number of nitrogens with one attached hydrogen (secondary N) is 1. The van der Waals surface area contributed by atoms with Crippen LogP contribution in [-0.4, -0.2) is 70.3 Å². The van der Waals surface area contributed by atoms with E-state index in [1.54, 1.807) is 46.8 Å². The van der Waals surface area contributed by atoms with Crippen molar-refractivity contribution < 1.29 is 19.1 Å². The summed E-state index contributed by atoms with van der Waals surface area (Å²) in [4.78, 5) is 37.8. The SMILES string of the molecule is Cc1ccc(P(O)N2CCN(CCC(=O)Nc3ccc4c(c3)N(P(=O)(O)c3ccccc3)CCS4)CC2)cc1. The van der Waals surface area contributed by atoms with Crippen molar-refractivity contribution in [1.82, 2.24) is 9.57 Å². The van der Waals surface area contributed by atoms with Crippen molar-refractivity contribution in [3.05, 3.63) is 78.4 Å². The first-order valence-electron chi connectivity index (χ1n) is 13.1. The number of benzene rings is 3. The monoisotopic (exact) mass is 584 g/mol. The molecule has 2 aliphatic rings. The van der Waals surface area contributed by atoms with Gasteiger partial charge in [-0.1, -0.05) is 48.0 Å². The average molecular weight is 585 g/mol. The van der Waals surface area contributed by atoms with E-state index in [1.165, 1.54) is 5.56 Å². The van der Waals surface area contributed by atoms with E-state index in [0.717, 1.165) is 36.4 Å². The number of rotatable bonds is 8. The molecule has 0 aliphatic carbocycles. The molecule has 2 aliphatic heterocycles. The molecule has 2 heterocycles. The molecule has 0 aromatic heterocycles. The molecule has 1 fully saturated rings. The minimum absolute atomic E-state index is 0.0910. The van der Waals surface area contributed by atoms with Gasteiger partial charge in [-0.15, -0.1) is 11.8 Å². The van der Waals surface area contributed by atoms with Crippen molar-refractivity contribution in [2.24, 2.45) is 0 Å². The number of piperazine rings is 1. The summed E-state index contributed by atoms with van der Waals surface area (Å²) in [6.07, 6.45) is 0.351. The highest BCUT2D eigenvalue weighted by molar-refractivity contribution is 7.99. The molecule has 0 bridgehead atoms. The summed E-state index contributed by atoms with van der Waals surface area (Å²) >= 11 is 1.65. The zero-order valence-electron chi connectivity index (χ0n) is 21.9. The second kappa shape index (κ2) is 12.5. The second-order valence-corrected chi connectivity index (χ2v) is 14.6. The van der Waals surface area contributed by atoms with Crippen molar-refractivity contribution in [1.29, 1.82) is 0 Å². The molecule has 39 heavy (non-hydrogen) atoms. The molecule has 5 rings (SSSR count). The normalized spacial score (nSPS) is 18.7. The molecule has 1 saturated heterocycles. The number of hydrogen-bond donors (Lipinski definition) is 3. The van der Waals surface area contributed by atoms with Crippen LogP contribution in [0.2, 0.25) is 0 Å². The van der Waals surface area contributed by atoms with Gasteiger partial charge in [-0.3, -0.25) is 18.7 Å². The van der Waals surface area contributed by atoms with Crippen LogP contribution in [0.5, 0.6) is 0 Å². The zero-order valence-corrected chi connectivity index (χ0v) is 24.5. The molecule has 8 nitrogen and oxygen atoms in total. The van der Waals surface area contributed by atoms with Crippen LogP contribution in [0.3, 0.4) is 0 Å². The molecule has 11 heteroatoms. The van der Waals surface area contributed by atoms with E-state index in [2.05, 4.69) is 14.9 Å². The van der Waals surface area contributed by atoms with Gasteiger partial charge in [0.15, 0.2) is 0 Å². The topological polar surface area (TPSA) is 96.4 Å². The van der Waals surface area contributed by atoms with E-state index < -0.39 is 15.8 Å². The molecular weight excluding hydrogens is 550 g/mol. The van der Waals surface area contributed by atoms with Crippen LogP contribution >= 0.6 is 27.6 Å². The maximum Gasteiger partial charge on any atom is 0.324 e. The van der Waals surface area contributed by atoms with Crippen molar-refractivity contribution in [2.75, 3.05) is 55.0 Å². The molecular formula is C28H34N4O4P2S. The fourth-order valence-corrected chi connectivity index (χ4v) is 8.95. The predicted octanol–water partition coefficient (Wildman–Crippen LogP) is 3.99. The van der Waals surface area contributed by atoms with Crippen molar-refractivity contribution in [2.45, 2.75) is 18.2 Å². The summed E-state index contributed by atoms with van der Waals surface area (Å²) in [5.41, 5.74) is 2.47. The Morgan fingerprint density at radius 1 is 1.00 bits per heavy atom. The zero-order chi connectivity index (χ0) is 27.4. The minimum atomic E-state index is -3.79. The van der Waals surface area contributed by atoms with E-state index in [4.69, 9.17) is 0 Å². The molecule has 2 atom stereocenters. The summed E-state index contributed by atoms with van der Waals surface area (Å²) in [5.74, 6) is 0.624. The van der Waals surface area contributed by atoms with Crippen LogP contribution in [0, 0.1) is 6.92 Å². The third kappa shape index (κ3) is 6.75. The van der Waals surface area contributed by atoms with Crippen LogP contribution in [0.1, 0.15) is 12.0 Å². The molecule has 3 aromatic rings. The van der Waals surface area contributed by atoms with Gasteiger partial charge in [0.25, 0.3) is 0 Å². The Bertz CT molecular complexity index is 1340. The van der Waals surface area contributed by atoms with Gasteiger partial charge in [-0.05, 0) is 37.3 Å². The molecule has 1 amide bonds. The number of amides is 1. The highest BCUT2D eigenvalue weighted by Crippen LogP contribution is 2.52. The molecule has 206 valence electrons. The molecule has 0 spiro atoms. The Morgan fingerprint density at radius 3 is 2.44 bits per heavy atom. The summed E-state index contributed by atoms with van der Waals surface area (Å²) in [6.45, 7) is 6.25. The van der Waals surface area contributed by atoms with E-state index in [1.807, 2.05) is 49.4 Å². The number of hydrogen-bond acceptors (Lipinski definition) is 6. The van der Waals surface area contributed by atoms with Crippen LogP contribution in [0.4, 0.5) is 11.4 Å². The number of carbonyl (C=O) groups excluding carboxylic acids is 1. The molecule has 0 radical (unpaired) electrons. The third-order valence-corrected chi connectivity index (χ3v) is 11.8. The molecule has 3 N–H and O–H groups in total. The summed E-state index contributed by atoms with van der Waals surface area (Å²) in [6, 6.07) is 22.3. The second-order valence-electron chi connectivity index (χ2n) is 9.75. The van der Waals surface area contributed by atoms with Crippen molar-refractivity contribution in [3.8, 4) is 0 Å². The lowest BCUT2D eigenvalue weighted by atomic mass is 10.2. The highest BCUT2D eigenvalue weighted by Gasteiger charge is 2.34. The van der Waals surface area contributed by atoms with Gasteiger partial charge in [-0.2, -0.15) is 0 Å². The van der Waals surface area contributed by atoms with Gasteiger partial charge in [-0.25, -0.2) is 0 Å². The summed E-state index contributed by atoms with van der Waals surface area (Å²) in [7, 11) is -5.12. The standard InChI is InChI=1S/C28H34N4O4P2S/c1-22-7-10-24(11-8-22)37(34)31-17-15-30(16-18-31)14-13-28(33)29-23-9-12-27-26(21-23)32(19-20-39-27)38(35,36)25-5-3-2-4-6-25/h2-12,21,34H,13-20H2,1H3,(H,29,33)(H,35,36). The minimum Gasteiger partial charge on any atom is -0.356 e. The van der Waals surface area contributed by atoms with Gasteiger partial charge >= 0.3 is 7.52 Å². The Kier molecular flexibility index (Phi) is 9.09. The number of carbonyl (C=O) groups is 1. The van der Waals surface area contributed by atoms with Gasteiger partial charge in [0, 0.05) is 67.3 Å². The first-order valence-corrected chi connectivity index (χ1v) is 16.9. The molecule has 2 unspecified atom stereocenters. The van der Waals surface area contributed by atoms with Gasteiger partial charge in [0.2, 0.25) is 5.91 Å². The van der Waals surface area contributed by atoms with Crippen molar-refractivity contribution >= 4 is 55.5 Å². The first-order chi connectivity index (χ1) is 18.8. The Labute approximate surface area is 235 Å². The number of nitrogens with zero attached hydrogens (tertiary/aromatic N) is 3. The predicted molar refractivity (Wildman–Crippen MR) is 162 cm³/mol. The van der Waals surface area contributed by atoms with E-state index in [0.29, 0.717) is 41.9 Å². The lowest BCUT2D eigenvalue weighted by Crippen LogP contribution is -2.45. The van der Waals surface area contributed by atoms with Gasteiger partial charge in [0.05, 0.1) is 11.0 Å². The highest BCUT2D eigenvalue weighted by atomic mass is 32.2. The van der Waals surface area contributed by atoms with Crippen molar-refractivity contribution in [3.63, 3.8) is 0 Å². The number of fused-ring (bicyclic) bond motifs is 1. The quantitative estimate of drug-likeness (QED) is 0.342. The van der Waals surface area contributed by atoms with E-state index >= 15 is 0 Å². The van der Waals surface area contributed by atoms with Crippen LogP contribution in [0.25, 0.3) is 0 Å². The van der Waals surface area contributed by atoms with Crippen LogP contribution < -0.4 is 20.6 Å². The van der Waals surface area contributed by atoms with Crippen LogP contribution in [0.15, 0.2) is 77.7 Å². The van der Waals surface area contributed by atoms with E-state index in [9.17, 15) is 19.1 Å². The number of aryl methyl sites for hydroxylation is 1. The van der Waals surface area contributed by atoms with Crippen LogP contribution in [-0.2, 0) is 9.36 Å². The number of thioether (sulfide) groups is 1. The average Bonchev–Trinajstić information content (AvgIpc) is 2.96. The maximum atomic E-state index is 13.5. The fourth-order valence-electron chi connectivity index (χ4n) is 4.80. The van der Waals surface area contributed by atoms with Gasteiger partial charge in [0.1, 0.15) is 8.30 Å². The summed E-state index contributed by atoms with van der Waals surface area (Å²) in [5, 5.41) is 4.33. The van der Waals surface area contributed by atoms with Gasteiger partial charge < -0.3 is 20.0 Å². The fraction of sp³-hybridized carbons (Fsp3) is 0.321. The lowest BCUT2D eigenvalue weighted by Gasteiger charge is -2.36. The maximum absolute atomic E-state index is 13.5. The van der Waals surface area contributed by atoms with E-state index in [-0.39, 0.29) is 5.91 Å². The summed E-state index contributed by atoms with van der Waals surface area (Å²) < 4.78 is 17.2. The Morgan fingerprint density at radius 2 is 1.72 bits per heavy atom. The molecule has 0 saturated carbocycles.